The molecular formula is C28H32N6O. The molecule has 2 fully saturated rings. The maximum absolute atomic E-state index is 5.52. The number of fused-ring (bicyclic) bond motifs is 1. The van der Waals surface area contributed by atoms with E-state index in [4.69, 9.17) is 14.8 Å². The zero-order valence-electron chi connectivity index (χ0n) is 20.2. The number of ether oxygens (including phenoxy) is 1. The van der Waals surface area contributed by atoms with E-state index in [2.05, 4.69) is 39.9 Å². The Morgan fingerprint density at radius 2 is 1.63 bits per heavy atom. The van der Waals surface area contributed by atoms with Gasteiger partial charge in [0.15, 0.2) is 0 Å². The third-order valence-electron chi connectivity index (χ3n) is 7.31. The minimum Gasteiger partial charge on any atom is -0.497 e. The first-order chi connectivity index (χ1) is 17.3. The second-order valence-electron chi connectivity index (χ2n) is 9.68. The second kappa shape index (κ2) is 9.56. The summed E-state index contributed by atoms with van der Waals surface area (Å²) in [6, 6.07) is 17.4. The Bertz CT molecular complexity index is 1320. The fourth-order valence-corrected chi connectivity index (χ4v) is 5.50. The number of pyridine rings is 1. The van der Waals surface area contributed by atoms with Crippen molar-refractivity contribution in [1.29, 1.82) is 0 Å². The molecule has 3 heterocycles. The van der Waals surface area contributed by atoms with Crippen LogP contribution in [0.1, 0.15) is 51.4 Å². The first-order valence-corrected chi connectivity index (χ1v) is 12.8. The topological polar surface area (TPSA) is 76.4 Å². The number of rotatable bonds is 7. The van der Waals surface area contributed by atoms with E-state index in [1.807, 2.05) is 35.0 Å². The third kappa shape index (κ3) is 4.43. The van der Waals surface area contributed by atoms with Crippen LogP contribution in [0, 0.1) is 0 Å². The Kier molecular flexibility index (Phi) is 5.98. The van der Waals surface area contributed by atoms with Crippen LogP contribution in [0.5, 0.6) is 5.75 Å². The van der Waals surface area contributed by atoms with Gasteiger partial charge >= 0.3 is 0 Å². The molecule has 35 heavy (non-hydrogen) atoms. The van der Waals surface area contributed by atoms with Gasteiger partial charge in [0.05, 0.1) is 23.9 Å². The number of hydrogen-bond acceptors (Lipinski definition) is 6. The zero-order chi connectivity index (χ0) is 23.6. The van der Waals surface area contributed by atoms with Crippen LogP contribution in [-0.4, -0.2) is 38.8 Å². The van der Waals surface area contributed by atoms with E-state index in [0.29, 0.717) is 18.0 Å². The highest BCUT2D eigenvalue weighted by molar-refractivity contribution is 5.92. The average Bonchev–Trinajstić information content (AvgIpc) is 3.66. The number of anilines is 2. The molecule has 0 spiro atoms. The van der Waals surface area contributed by atoms with E-state index in [-0.39, 0.29) is 0 Å². The monoisotopic (exact) mass is 468 g/mol. The third-order valence-corrected chi connectivity index (χ3v) is 7.31. The molecule has 4 aromatic rings. The molecule has 0 aliphatic heterocycles. The number of aromatic nitrogens is 4. The van der Waals surface area contributed by atoms with E-state index in [9.17, 15) is 0 Å². The smallest absolute Gasteiger partial charge is 0.223 e. The minimum absolute atomic E-state index is 0.453. The minimum atomic E-state index is 0.453. The highest BCUT2D eigenvalue weighted by atomic mass is 16.5. The van der Waals surface area contributed by atoms with Gasteiger partial charge < -0.3 is 15.4 Å². The molecule has 3 aromatic heterocycles. The van der Waals surface area contributed by atoms with Crippen LogP contribution in [0.25, 0.3) is 28.0 Å². The van der Waals surface area contributed by atoms with Crippen molar-refractivity contribution >= 4 is 17.3 Å². The van der Waals surface area contributed by atoms with E-state index in [1.165, 1.54) is 51.4 Å². The summed E-state index contributed by atoms with van der Waals surface area (Å²) in [6.07, 6.45) is 11.7. The molecule has 2 aliphatic carbocycles. The summed E-state index contributed by atoms with van der Waals surface area (Å²) in [5.41, 5.74) is 4.78. The lowest BCUT2D eigenvalue weighted by molar-refractivity contribution is 0.415. The molecule has 0 unspecified atom stereocenters. The predicted molar refractivity (Wildman–Crippen MR) is 140 cm³/mol. The van der Waals surface area contributed by atoms with Crippen LogP contribution in [0.3, 0.4) is 0 Å². The molecule has 0 radical (unpaired) electrons. The molecule has 7 nitrogen and oxygen atoms in total. The molecule has 2 aliphatic rings. The Labute approximate surface area is 206 Å². The van der Waals surface area contributed by atoms with Crippen molar-refractivity contribution < 1.29 is 4.74 Å². The van der Waals surface area contributed by atoms with E-state index >= 15 is 0 Å². The molecule has 0 amide bonds. The van der Waals surface area contributed by atoms with E-state index in [0.717, 1.165) is 39.6 Å². The highest BCUT2D eigenvalue weighted by Gasteiger charge is 2.22. The first-order valence-electron chi connectivity index (χ1n) is 12.8. The standard InChI is InChI=1S/C28H32N6O/c1-35-22-13-6-8-19(18-22)27-26(23-16-17-29-28(32-23)31-21-11-4-5-12-21)24-14-7-15-25(34(24)33-27)30-20-9-2-3-10-20/h6-8,13-18,20-21,30H,2-5,9-12H2,1H3,(H,29,31,32). The molecular weight excluding hydrogens is 436 g/mol. The van der Waals surface area contributed by atoms with Gasteiger partial charge in [-0.1, -0.05) is 43.9 Å². The van der Waals surface area contributed by atoms with Crippen molar-refractivity contribution in [3.63, 3.8) is 0 Å². The highest BCUT2D eigenvalue weighted by Crippen LogP contribution is 2.37. The van der Waals surface area contributed by atoms with Gasteiger partial charge in [0, 0.05) is 23.8 Å². The molecule has 0 saturated heterocycles. The molecule has 2 N–H and O–H groups in total. The van der Waals surface area contributed by atoms with Crippen molar-refractivity contribution in [2.75, 3.05) is 17.7 Å². The van der Waals surface area contributed by atoms with Gasteiger partial charge in [0.1, 0.15) is 17.3 Å². The average molecular weight is 469 g/mol. The fourth-order valence-electron chi connectivity index (χ4n) is 5.50. The van der Waals surface area contributed by atoms with Crippen LogP contribution >= 0.6 is 0 Å². The zero-order valence-corrected chi connectivity index (χ0v) is 20.2. The van der Waals surface area contributed by atoms with Gasteiger partial charge in [-0.15, -0.1) is 0 Å². The van der Waals surface area contributed by atoms with Crippen molar-refractivity contribution in [3.8, 4) is 28.3 Å². The summed E-state index contributed by atoms with van der Waals surface area (Å²) in [7, 11) is 1.69. The van der Waals surface area contributed by atoms with E-state index in [1.54, 1.807) is 7.11 Å². The summed E-state index contributed by atoms with van der Waals surface area (Å²) in [5.74, 6) is 2.51. The quantitative estimate of drug-likeness (QED) is 0.337. The SMILES string of the molecule is COc1cccc(-c2nn3c(NC4CCCC4)cccc3c2-c2ccnc(NC3CCCC3)n2)c1. The molecule has 2 saturated carbocycles. The van der Waals surface area contributed by atoms with Crippen LogP contribution in [-0.2, 0) is 0 Å². The van der Waals surface area contributed by atoms with Crippen molar-refractivity contribution in [2.45, 2.75) is 63.5 Å². The predicted octanol–water partition coefficient (Wildman–Crippen LogP) is 6.18. The molecule has 6 rings (SSSR count). The van der Waals surface area contributed by atoms with E-state index < -0.39 is 0 Å². The van der Waals surface area contributed by atoms with Crippen LogP contribution < -0.4 is 15.4 Å². The van der Waals surface area contributed by atoms with Gasteiger partial charge in [-0.05, 0) is 56.0 Å². The fraction of sp³-hybridized carbons (Fsp3) is 0.393. The Balaban J connectivity index is 1.48. The second-order valence-corrected chi connectivity index (χ2v) is 9.68. The Hall–Kier alpha value is -3.61. The molecule has 0 atom stereocenters. The summed E-state index contributed by atoms with van der Waals surface area (Å²) in [4.78, 5) is 9.49. The lowest BCUT2D eigenvalue weighted by Gasteiger charge is -2.14. The van der Waals surface area contributed by atoms with Gasteiger partial charge in [-0.2, -0.15) is 5.10 Å². The van der Waals surface area contributed by atoms with Crippen LogP contribution in [0.2, 0.25) is 0 Å². The van der Waals surface area contributed by atoms with Crippen molar-refractivity contribution in [2.24, 2.45) is 0 Å². The van der Waals surface area contributed by atoms with Crippen LogP contribution in [0.4, 0.5) is 11.8 Å². The summed E-state index contributed by atoms with van der Waals surface area (Å²) < 4.78 is 7.56. The summed E-state index contributed by atoms with van der Waals surface area (Å²) in [5, 5.41) is 12.4. The number of nitrogens with zero attached hydrogens (tertiary/aromatic N) is 4. The molecule has 7 heteroatoms. The molecule has 1 aromatic carbocycles. The van der Waals surface area contributed by atoms with Gasteiger partial charge in [-0.25, -0.2) is 14.5 Å². The Morgan fingerprint density at radius 1 is 0.886 bits per heavy atom. The normalized spacial score (nSPS) is 16.7. The number of hydrogen-bond donors (Lipinski definition) is 2. The number of nitrogens with one attached hydrogen (secondary N) is 2. The number of methoxy groups -OCH3 is 1. The molecule has 180 valence electrons. The van der Waals surface area contributed by atoms with Crippen molar-refractivity contribution in [3.05, 3.63) is 54.7 Å². The van der Waals surface area contributed by atoms with Crippen LogP contribution in [0.15, 0.2) is 54.7 Å². The lowest BCUT2D eigenvalue weighted by atomic mass is 10.0. The summed E-state index contributed by atoms with van der Waals surface area (Å²) >= 11 is 0. The lowest BCUT2D eigenvalue weighted by Crippen LogP contribution is -2.17. The molecule has 0 bridgehead atoms. The number of benzene rings is 1. The van der Waals surface area contributed by atoms with Gasteiger partial charge in [0.25, 0.3) is 0 Å². The largest absolute Gasteiger partial charge is 0.497 e. The summed E-state index contributed by atoms with van der Waals surface area (Å²) in [6.45, 7) is 0. The Morgan fingerprint density at radius 3 is 2.40 bits per heavy atom. The maximum atomic E-state index is 5.52. The first kappa shape index (κ1) is 21.9. The van der Waals surface area contributed by atoms with Crippen molar-refractivity contribution in [1.82, 2.24) is 19.6 Å². The maximum Gasteiger partial charge on any atom is 0.223 e. The van der Waals surface area contributed by atoms with Gasteiger partial charge in [0.2, 0.25) is 5.95 Å². The van der Waals surface area contributed by atoms with Gasteiger partial charge in [-0.3, -0.25) is 0 Å².